The Bertz CT molecular complexity index is 544. The molecule has 0 heterocycles. The van der Waals surface area contributed by atoms with Crippen molar-refractivity contribution in [2.24, 2.45) is 0 Å². The molecule has 0 aliphatic heterocycles. The van der Waals surface area contributed by atoms with E-state index < -0.39 is 12.1 Å². The van der Waals surface area contributed by atoms with E-state index in [0.717, 1.165) is 0 Å². The van der Waals surface area contributed by atoms with Crippen LogP contribution in [-0.2, 0) is 9.53 Å². The van der Waals surface area contributed by atoms with Gasteiger partial charge in [-0.05, 0) is 43.4 Å². The first-order valence-corrected chi connectivity index (χ1v) is 8.31. The number of amides is 1. The fourth-order valence-corrected chi connectivity index (χ4v) is 2.93. The van der Waals surface area contributed by atoms with Gasteiger partial charge in [0.25, 0.3) is 5.91 Å². The molecule has 0 spiro atoms. The molecule has 2 rings (SSSR count). The summed E-state index contributed by atoms with van der Waals surface area (Å²) in [7, 11) is 0. The fourth-order valence-electron chi connectivity index (χ4n) is 2.93. The molecule has 1 aromatic carbocycles. The Morgan fingerprint density at radius 3 is 2.52 bits per heavy atom. The summed E-state index contributed by atoms with van der Waals surface area (Å²) < 4.78 is 5.20. The largest absolute Gasteiger partial charge is 0.449 e. The third kappa shape index (κ3) is 4.95. The SMILES string of the molecule is C=CCNC(=O)[C@@H](C)OC(=O)c1ccc(C2CCCCC2)cc1. The molecule has 0 radical (unpaired) electrons. The van der Waals surface area contributed by atoms with Crippen LogP contribution < -0.4 is 5.32 Å². The van der Waals surface area contributed by atoms with Gasteiger partial charge < -0.3 is 10.1 Å². The first kappa shape index (κ1) is 17.3. The van der Waals surface area contributed by atoms with Crippen molar-refractivity contribution in [1.82, 2.24) is 5.32 Å². The van der Waals surface area contributed by atoms with Crippen LogP contribution in [0.2, 0.25) is 0 Å². The lowest BCUT2D eigenvalue weighted by atomic mass is 9.84. The number of esters is 1. The lowest BCUT2D eigenvalue weighted by Gasteiger charge is -2.22. The average molecular weight is 315 g/mol. The number of rotatable bonds is 6. The van der Waals surface area contributed by atoms with E-state index >= 15 is 0 Å². The van der Waals surface area contributed by atoms with E-state index in [1.54, 1.807) is 25.1 Å². The Kier molecular flexibility index (Phi) is 6.39. The molecule has 1 fully saturated rings. The number of carbonyl (C=O) groups is 2. The number of benzene rings is 1. The molecule has 0 saturated heterocycles. The summed E-state index contributed by atoms with van der Waals surface area (Å²) in [4.78, 5) is 23.8. The summed E-state index contributed by atoms with van der Waals surface area (Å²) in [5, 5.41) is 2.61. The van der Waals surface area contributed by atoms with Crippen LogP contribution in [0.15, 0.2) is 36.9 Å². The van der Waals surface area contributed by atoms with Crippen LogP contribution in [0.4, 0.5) is 0 Å². The smallest absolute Gasteiger partial charge is 0.338 e. The summed E-state index contributed by atoms with van der Waals surface area (Å²) in [6, 6.07) is 7.60. The van der Waals surface area contributed by atoms with Crippen LogP contribution in [0.3, 0.4) is 0 Å². The molecular formula is C19H25NO3. The average Bonchev–Trinajstić information content (AvgIpc) is 2.60. The molecule has 1 amide bonds. The van der Waals surface area contributed by atoms with Crippen LogP contribution in [0, 0.1) is 0 Å². The molecule has 1 saturated carbocycles. The summed E-state index contributed by atoms with van der Waals surface area (Å²) in [6.07, 6.45) is 7.11. The molecule has 0 aromatic heterocycles. The molecule has 4 heteroatoms. The molecule has 1 atom stereocenters. The van der Waals surface area contributed by atoms with E-state index in [2.05, 4.69) is 11.9 Å². The standard InChI is InChI=1S/C19H25NO3/c1-3-13-20-18(21)14(2)23-19(22)17-11-9-16(10-12-17)15-7-5-4-6-8-15/h3,9-12,14-15H,1,4-8,13H2,2H3,(H,20,21)/t14-/m1/s1. The minimum absolute atomic E-state index is 0.322. The summed E-state index contributed by atoms with van der Waals surface area (Å²) in [6.45, 7) is 5.44. The third-order valence-electron chi connectivity index (χ3n) is 4.30. The van der Waals surface area contributed by atoms with Crippen LogP contribution in [0.1, 0.15) is 60.9 Å². The van der Waals surface area contributed by atoms with Crippen molar-refractivity contribution in [2.75, 3.05) is 6.54 Å². The van der Waals surface area contributed by atoms with E-state index in [9.17, 15) is 9.59 Å². The Morgan fingerprint density at radius 1 is 1.26 bits per heavy atom. The van der Waals surface area contributed by atoms with Crippen molar-refractivity contribution >= 4 is 11.9 Å². The zero-order chi connectivity index (χ0) is 16.7. The van der Waals surface area contributed by atoms with E-state index in [1.807, 2.05) is 12.1 Å². The second-order valence-electron chi connectivity index (χ2n) is 6.04. The number of hydrogen-bond donors (Lipinski definition) is 1. The van der Waals surface area contributed by atoms with Gasteiger partial charge in [-0.25, -0.2) is 4.79 Å². The van der Waals surface area contributed by atoms with E-state index in [4.69, 9.17) is 4.74 Å². The van der Waals surface area contributed by atoms with Gasteiger partial charge in [0.1, 0.15) is 0 Å². The number of ether oxygens (including phenoxy) is 1. The molecule has 1 N–H and O–H groups in total. The minimum atomic E-state index is -0.819. The fraction of sp³-hybridized carbons (Fsp3) is 0.474. The monoisotopic (exact) mass is 315 g/mol. The van der Waals surface area contributed by atoms with Crippen molar-refractivity contribution in [3.8, 4) is 0 Å². The highest BCUT2D eigenvalue weighted by molar-refractivity contribution is 5.92. The van der Waals surface area contributed by atoms with Gasteiger partial charge in [0, 0.05) is 6.54 Å². The molecule has 124 valence electrons. The minimum Gasteiger partial charge on any atom is -0.449 e. The zero-order valence-corrected chi connectivity index (χ0v) is 13.7. The first-order chi connectivity index (χ1) is 11.1. The maximum absolute atomic E-state index is 12.1. The van der Waals surface area contributed by atoms with Crippen LogP contribution in [0.5, 0.6) is 0 Å². The summed E-state index contributed by atoms with van der Waals surface area (Å²) >= 11 is 0. The van der Waals surface area contributed by atoms with E-state index in [0.29, 0.717) is 18.0 Å². The molecule has 0 unspecified atom stereocenters. The topological polar surface area (TPSA) is 55.4 Å². The van der Waals surface area contributed by atoms with E-state index in [-0.39, 0.29) is 5.91 Å². The normalized spacial score (nSPS) is 16.4. The first-order valence-electron chi connectivity index (χ1n) is 8.31. The van der Waals surface area contributed by atoms with Gasteiger partial charge in [0.05, 0.1) is 5.56 Å². The molecule has 0 bridgehead atoms. The maximum atomic E-state index is 12.1. The number of nitrogens with one attached hydrogen (secondary N) is 1. The Hall–Kier alpha value is -2.10. The highest BCUT2D eigenvalue weighted by atomic mass is 16.5. The molecule has 1 aliphatic carbocycles. The molecule has 1 aliphatic rings. The molecule has 1 aromatic rings. The molecular weight excluding hydrogens is 290 g/mol. The molecule has 23 heavy (non-hydrogen) atoms. The van der Waals surface area contributed by atoms with Gasteiger partial charge in [-0.2, -0.15) is 0 Å². The van der Waals surface area contributed by atoms with Crippen LogP contribution >= 0.6 is 0 Å². The Morgan fingerprint density at radius 2 is 1.91 bits per heavy atom. The third-order valence-corrected chi connectivity index (χ3v) is 4.30. The van der Waals surface area contributed by atoms with Crippen molar-refractivity contribution in [2.45, 2.75) is 51.0 Å². The predicted molar refractivity (Wildman–Crippen MR) is 90.4 cm³/mol. The van der Waals surface area contributed by atoms with Crippen LogP contribution in [-0.4, -0.2) is 24.5 Å². The van der Waals surface area contributed by atoms with Crippen LogP contribution in [0.25, 0.3) is 0 Å². The summed E-state index contributed by atoms with van der Waals surface area (Å²) in [5.74, 6) is -0.184. The predicted octanol–water partition coefficient (Wildman–Crippen LogP) is 3.58. The highest BCUT2D eigenvalue weighted by Gasteiger charge is 2.19. The quantitative estimate of drug-likeness (QED) is 0.645. The zero-order valence-electron chi connectivity index (χ0n) is 13.7. The second-order valence-corrected chi connectivity index (χ2v) is 6.04. The van der Waals surface area contributed by atoms with Gasteiger partial charge in [0.15, 0.2) is 6.10 Å². The van der Waals surface area contributed by atoms with Gasteiger partial charge in [0.2, 0.25) is 0 Å². The lowest BCUT2D eigenvalue weighted by molar-refractivity contribution is -0.128. The van der Waals surface area contributed by atoms with Crippen molar-refractivity contribution in [3.05, 3.63) is 48.0 Å². The van der Waals surface area contributed by atoms with Gasteiger partial charge in [-0.3, -0.25) is 4.79 Å². The lowest BCUT2D eigenvalue weighted by Crippen LogP contribution is -2.35. The number of hydrogen-bond acceptors (Lipinski definition) is 3. The maximum Gasteiger partial charge on any atom is 0.338 e. The molecule has 4 nitrogen and oxygen atoms in total. The van der Waals surface area contributed by atoms with Crippen molar-refractivity contribution in [1.29, 1.82) is 0 Å². The highest BCUT2D eigenvalue weighted by Crippen LogP contribution is 2.32. The second kappa shape index (κ2) is 8.51. The Balaban J connectivity index is 1.91. The van der Waals surface area contributed by atoms with E-state index in [1.165, 1.54) is 37.7 Å². The van der Waals surface area contributed by atoms with Crippen molar-refractivity contribution < 1.29 is 14.3 Å². The van der Waals surface area contributed by atoms with Gasteiger partial charge >= 0.3 is 5.97 Å². The van der Waals surface area contributed by atoms with Crippen molar-refractivity contribution in [3.63, 3.8) is 0 Å². The summed E-state index contributed by atoms with van der Waals surface area (Å²) in [5.41, 5.74) is 1.77. The van der Waals surface area contributed by atoms with Gasteiger partial charge in [-0.15, -0.1) is 6.58 Å². The Labute approximate surface area is 137 Å². The number of carbonyl (C=O) groups excluding carboxylic acids is 2. The van der Waals surface area contributed by atoms with Gasteiger partial charge in [-0.1, -0.05) is 37.5 Å².